The van der Waals surface area contributed by atoms with Crippen molar-refractivity contribution in [2.24, 2.45) is 0 Å². The fraction of sp³-hybridized carbons (Fsp3) is 0.105. The topological polar surface area (TPSA) is 76.1 Å². The average Bonchev–Trinajstić information content (AvgIpc) is 2.69. The molecule has 0 saturated heterocycles. The number of nitrogens with one attached hydrogen (secondary N) is 2. The van der Waals surface area contributed by atoms with Crippen LogP contribution in [0.15, 0.2) is 54.7 Å². The van der Waals surface area contributed by atoms with E-state index in [1.165, 1.54) is 12.3 Å². The summed E-state index contributed by atoms with van der Waals surface area (Å²) in [4.78, 5) is 20.4. The van der Waals surface area contributed by atoms with E-state index >= 15 is 0 Å². The van der Waals surface area contributed by atoms with E-state index in [2.05, 4.69) is 20.6 Å². The molecule has 0 bridgehead atoms. The smallest absolute Gasteiger partial charge is 0.274 e. The van der Waals surface area contributed by atoms with E-state index in [-0.39, 0.29) is 17.3 Å². The molecule has 0 aliphatic carbocycles. The second kappa shape index (κ2) is 8.22. The van der Waals surface area contributed by atoms with E-state index in [1.54, 1.807) is 7.11 Å². The molecule has 1 aromatic heterocycles. The lowest BCUT2D eigenvalue weighted by Gasteiger charge is -2.10. The van der Waals surface area contributed by atoms with Crippen molar-refractivity contribution < 1.29 is 18.3 Å². The molecule has 27 heavy (non-hydrogen) atoms. The lowest BCUT2D eigenvalue weighted by Crippen LogP contribution is -2.16. The van der Waals surface area contributed by atoms with E-state index in [1.807, 2.05) is 24.3 Å². The highest BCUT2D eigenvalue weighted by molar-refractivity contribution is 6.03. The Balaban J connectivity index is 1.70. The van der Waals surface area contributed by atoms with Crippen LogP contribution >= 0.6 is 0 Å². The first-order valence-electron chi connectivity index (χ1n) is 8.02. The molecule has 8 heteroatoms. The molecule has 0 aliphatic heterocycles. The van der Waals surface area contributed by atoms with Gasteiger partial charge in [0.1, 0.15) is 23.1 Å². The summed E-state index contributed by atoms with van der Waals surface area (Å²) in [6.07, 6.45) is 1.41. The van der Waals surface area contributed by atoms with Gasteiger partial charge in [-0.25, -0.2) is 18.7 Å². The normalized spacial score (nSPS) is 10.3. The molecule has 0 fully saturated rings. The van der Waals surface area contributed by atoms with E-state index in [0.29, 0.717) is 18.4 Å². The van der Waals surface area contributed by atoms with Gasteiger partial charge in [0.2, 0.25) is 5.95 Å². The van der Waals surface area contributed by atoms with Crippen molar-refractivity contribution >= 4 is 17.5 Å². The minimum atomic E-state index is -0.869. The zero-order valence-electron chi connectivity index (χ0n) is 14.4. The Morgan fingerprint density at radius 3 is 2.74 bits per heavy atom. The molecule has 2 N–H and O–H groups in total. The molecule has 1 amide bonds. The van der Waals surface area contributed by atoms with Gasteiger partial charge >= 0.3 is 0 Å². The summed E-state index contributed by atoms with van der Waals surface area (Å²) in [5.74, 6) is -1.29. The molecular formula is C19H16F2N4O2. The van der Waals surface area contributed by atoms with Crippen LogP contribution in [0.25, 0.3) is 0 Å². The van der Waals surface area contributed by atoms with E-state index < -0.39 is 17.5 Å². The van der Waals surface area contributed by atoms with Gasteiger partial charge in [-0.3, -0.25) is 4.79 Å². The summed E-state index contributed by atoms with van der Waals surface area (Å²) >= 11 is 0. The lowest BCUT2D eigenvalue weighted by molar-refractivity contribution is 0.102. The highest BCUT2D eigenvalue weighted by atomic mass is 19.1. The maximum absolute atomic E-state index is 13.7. The summed E-state index contributed by atoms with van der Waals surface area (Å²) in [5.41, 5.74) is 0.798. The van der Waals surface area contributed by atoms with Gasteiger partial charge in [-0.05, 0) is 24.3 Å². The molecule has 0 spiro atoms. The van der Waals surface area contributed by atoms with Crippen molar-refractivity contribution in [1.82, 2.24) is 9.97 Å². The van der Waals surface area contributed by atoms with Gasteiger partial charge in [-0.15, -0.1) is 0 Å². The number of aromatic nitrogens is 2. The number of nitrogens with zero attached hydrogens (tertiary/aromatic N) is 2. The Morgan fingerprint density at radius 2 is 1.96 bits per heavy atom. The van der Waals surface area contributed by atoms with Crippen LogP contribution in [0.1, 0.15) is 16.1 Å². The molecule has 2 aromatic carbocycles. The Labute approximate surface area is 154 Å². The predicted octanol–water partition coefficient (Wildman–Crippen LogP) is 3.63. The fourth-order valence-corrected chi connectivity index (χ4v) is 2.37. The zero-order chi connectivity index (χ0) is 19.2. The molecule has 0 saturated carbocycles. The molecule has 0 aliphatic rings. The number of para-hydroxylation sites is 1. The summed E-state index contributed by atoms with van der Waals surface area (Å²) in [6, 6.07) is 11.7. The van der Waals surface area contributed by atoms with Crippen molar-refractivity contribution in [3.63, 3.8) is 0 Å². The van der Waals surface area contributed by atoms with Crippen LogP contribution in [-0.2, 0) is 6.54 Å². The monoisotopic (exact) mass is 370 g/mol. The first-order valence-corrected chi connectivity index (χ1v) is 8.02. The number of methoxy groups -OCH3 is 1. The number of ether oxygens (including phenoxy) is 1. The highest BCUT2D eigenvalue weighted by Gasteiger charge is 2.12. The second-order valence-corrected chi connectivity index (χ2v) is 5.51. The lowest BCUT2D eigenvalue weighted by atomic mass is 10.2. The third-order valence-electron chi connectivity index (χ3n) is 3.70. The quantitative estimate of drug-likeness (QED) is 0.693. The molecule has 3 rings (SSSR count). The minimum absolute atomic E-state index is 0.0382. The Morgan fingerprint density at radius 1 is 1.15 bits per heavy atom. The molecule has 0 radical (unpaired) electrons. The number of hydrogen-bond acceptors (Lipinski definition) is 5. The molecule has 0 atom stereocenters. The summed E-state index contributed by atoms with van der Waals surface area (Å²) in [6.45, 7) is 0.391. The largest absolute Gasteiger partial charge is 0.496 e. The molecule has 138 valence electrons. The second-order valence-electron chi connectivity index (χ2n) is 5.51. The molecule has 0 unspecified atom stereocenters. The maximum atomic E-state index is 13.7. The van der Waals surface area contributed by atoms with Crippen molar-refractivity contribution in [2.75, 3.05) is 17.7 Å². The fourth-order valence-electron chi connectivity index (χ4n) is 2.37. The van der Waals surface area contributed by atoms with Crippen LogP contribution in [0.2, 0.25) is 0 Å². The Hall–Kier alpha value is -3.55. The summed E-state index contributed by atoms with van der Waals surface area (Å²) in [7, 11) is 1.58. The van der Waals surface area contributed by atoms with Crippen LogP contribution in [-0.4, -0.2) is 23.0 Å². The first kappa shape index (κ1) is 18.2. The van der Waals surface area contributed by atoms with Gasteiger partial charge in [0.05, 0.1) is 12.8 Å². The van der Waals surface area contributed by atoms with E-state index in [4.69, 9.17) is 4.74 Å². The number of anilines is 2. The van der Waals surface area contributed by atoms with Crippen molar-refractivity contribution in [2.45, 2.75) is 6.54 Å². The molecule has 3 aromatic rings. The molecule has 6 nitrogen and oxygen atoms in total. The van der Waals surface area contributed by atoms with Gasteiger partial charge < -0.3 is 15.4 Å². The first-order chi connectivity index (χ1) is 13.1. The van der Waals surface area contributed by atoms with Crippen molar-refractivity contribution in [3.8, 4) is 5.75 Å². The minimum Gasteiger partial charge on any atom is -0.496 e. The zero-order valence-corrected chi connectivity index (χ0v) is 14.4. The number of carbonyl (C=O) groups is 1. The molecule has 1 heterocycles. The maximum Gasteiger partial charge on any atom is 0.274 e. The Bertz CT molecular complexity index is 966. The third-order valence-corrected chi connectivity index (χ3v) is 3.70. The van der Waals surface area contributed by atoms with Crippen LogP contribution in [0.5, 0.6) is 5.75 Å². The van der Waals surface area contributed by atoms with E-state index in [9.17, 15) is 13.6 Å². The summed E-state index contributed by atoms with van der Waals surface area (Å²) in [5, 5.41) is 5.36. The van der Waals surface area contributed by atoms with Crippen LogP contribution < -0.4 is 15.4 Å². The van der Waals surface area contributed by atoms with Gasteiger partial charge in [0, 0.05) is 24.4 Å². The van der Waals surface area contributed by atoms with Crippen molar-refractivity contribution in [1.29, 1.82) is 0 Å². The predicted molar refractivity (Wildman–Crippen MR) is 96.7 cm³/mol. The number of hydrogen-bond donors (Lipinski definition) is 2. The van der Waals surface area contributed by atoms with E-state index in [0.717, 1.165) is 17.7 Å². The van der Waals surface area contributed by atoms with Crippen LogP contribution in [0.3, 0.4) is 0 Å². The van der Waals surface area contributed by atoms with Gasteiger partial charge in [0.15, 0.2) is 0 Å². The number of halogens is 2. The number of carbonyl (C=O) groups excluding carboxylic acids is 1. The standard InChI is InChI=1S/C19H16F2N4O2/c1-27-17-5-3-2-4-12(17)11-23-19-22-9-8-16(25-19)18(26)24-15-7-6-13(20)10-14(15)21/h2-10H,11H2,1H3,(H,24,26)(H,22,23,25). The average molecular weight is 370 g/mol. The Kier molecular flexibility index (Phi) is 5.55. The highest BCUT2D eigenvalue weighted by Crippen LogP contribution is 2.18. The van der Waals surface area contributed by atoms with Gasteiger partial charge in [-0.2, -0.15) is 0 Å². The van der Waals surface area contributed by atoms with Gasteiger partial charge in [-0.1, -0.05) is 18.2 Å². The van der Waals surface area contributed by atoms with Crippen LogP contribution in [0.4, 0.5) is 20.4 Å². The molecular weight excluding hydrogens is 354 g/mol. The van der Waals surface area contributed by atoms with Crippen molar-refractivity contribution in [3.05, 3.63) is 77.6 Å². The van der Waals surface area contributed by atoms with Crippen LogP contribution in [0, 0.1) is 11.6 Å². The van der Waals surface area contributed by atoms with Gasteiger partial charge in [0.25, 0.3) is 5.91 Å². The number of rotatable bonds is 6. The summed E-state index contributed by atoms with van der Waals surface area (Å²) < 4.78 is 31.9. The third kappa shape index (κ3) is 4.55. The SMILES string of the molecule is COc1ccccc1CNc1nccc(C(=O)Nc2ccc(F)cc2F)n1. The number of amides is 1. The number of benzene rings is 2.